The molecule has 0 unspecified atom stereocenters. The van der Waals surface area contributed by atoms with E-state index in [0.29, 0.717) is 48.9 Å². The summed E-state index contributed by atoms with van der Waals surface area (Å²) in [6.45, 7) is 4.92. The van der Waals surface area contributed by atoms with Crippen LogP contribution in [0.3, 0.4) is 0 Å². The summed E-state index contributed by atoms with van der Waals surface area (Å²) < 4.78 is 10.9. The molecule has 3 amide bonds. The highest BCUT2D eigenvalue weighted by Gasteiger charge is 2.20. The number of rotatable bonds is 3. The Labute approximate surface area is 175 Å². The zero-order valence-electron chi connectivity index (χ0n) is 16.8. The Morgan fingerprint density at radius 1 is 1.34 bits per heavy atom. The third kappa shape index (κ3) is 7.55. The number of hydrogen-bond acceptors (Lipinski definition) is 5. The quantitative estimate of drug-likeness (QED) is 0.766. The molecule has 0 saturated carbocycles. The van der Waals surface area contributed by atoms with Crippen molar-refractivity contribution >= 4 is 29.3 Å². The largest absolute Gasteiger partial charge is 0.491 e. The maximum absolute atomic E-state index is 12.5. The summed E-state index contributed by atoms with van der Waals surface area (Å²) in [7, 11) is 0. The van der Waals surface area contributed by atoms with Crippen LogP contribution in [0.4, 0.5) is 0 Å². The van der Waals surface area contributed by atoms with Gasteiger partial charge >= 0.3 is 0 Å². The van der Waals surface area contributed by atoms with Gasteiger partial charge in [-0.25, -0.2) is 0 Å². The summed E-state index contributed by atoms with van der Waals surface area (Å²) in [6.07, 6.45) is 1.29. The summed E-state index contributed by atoms with van der Waals surface area (Å²) in [4.78, 5) is 38.7. The van der Waals surface area contributed by atoms with Crippen LogP contribution in [0.2, 0.25) is 5.02 Å². The second kappa shape index (κ2) is 11.6. The molecule has 0 radical (unpaired) electrons. The monoisotopic (exact) mass is 425 g/mol. The normalized spacial score (nSPS) is 19.1. The molecule has 2 N–H and O–H groups in total. The van der Waals surface area contributed by atoms with E-state index < -0.39 is 0 Å². The second-order valence-electron chi connectivity index (χ2n) is 6.84. The smallest absolute Gasteiger partial charge is 0.255 e. The van der Waals surface area contributed by atoms with Crippen LogP contribution >= 0.6 is 11.6 Å². The van der Waals surface area contributed by atoms with Gasteiger partial charge in [-0.15, -0.1) is 0 Å². The van der Waals surface area contributed by atoms with Crippen LogP contribution in [0.1, 0.15) is 37.0 Å². The van der Waals surface area contributed by atoms with Crippen LogP contribution < -0.4 is 15.4 Å². The average Bonchev–Trinajstić information content (AvgIpc) is 2.69. The number of amides is 3. The molecular weight excluding hydrogens is 398 g/mol. The summed E-state index contributed by atoms with van der Waals surface area (Å²) in [5.41, 5.74) is 0.347. The standard InChI is InChI=1S/C20H28ClN3O5/c1-3-28-13-19(26)24-9-5-4-8-22-20(27)16-10-15(21)6-7-17(16)29-12-14(2)23-18(25)11-24/h6-7,10,14H,3-5,8-9,11-13H2,1-2H3,(H,22,27)(H,23,25)/t14-/m0/s1. The number of benzene rings is 1. The Morgan fingerprint density at radius 2 is 2.14 bits per heavy atom. The molecule has 160 valence electrons. The molecular formula is C20H28ClN3O5. The molecule has 1 heterocycles. The van der Waals surface area contributed by atoms with Crippen LogP contribution in [0.5, 0.6) is 5.75 Å². The van der Waals surface area contributed by atoms with E-state index in [1.165, 1.54) is 4.90 Å². The van der Waals surface area contributed by atoms with Crippen molar-refractivity contribution in [2.24, 2.45) is 0 Å². The molecule has 0 spiro atoms. The first-order valence-electron chi connectivity index (χ1n) is 9.76. The van der Waals surface area contributed by atoms with Crippen molar-refractivity contribution in [3.63, 3.8) is 0 Å². The first-order valence-corrected chi connectivity index (χ1v) is 10.1. The molecule has 8 nitrogen and oxygen atoms in total. The Morgan fingerprint density at radius 3 is 2.90 bits per heavy atom. The summed E-state index contributed by atoms with van der Waals surface area (Å²) >= 11 is 6.03. The van der Waals surface area contributed by atoms with Gasteiger partial charge in [0.25, 0.3) is 5.91 Å². The molecule has 2 rings (SSSR count). The van der Waals surface area contributed by atoms with Crippen LogP contribution in [-0.2, 0) is 14.3 Å². The highest BCUT2D eigenvalue weighted by molar-refractivity contribution is 6.31. The summed E-state index contributed by atoms with van der Waals surface area (Å²) in [6, 6.07) is 4.52. The van der Waals surface area contributed by atoms with Gasteiger partial charge in [-0.05, 0) is 44.9 Å². The number of nitrogens with one attached hydrogen (secondary N) is 2. The summed E-state index contributed by atoms with van der Waals surface area (Å²) in [5, 5.41) is 6.10. The van der Waals surface area contributed by atoms with Crippen LogP contribution in [0.25, 0.3) is 0 Å². The van der Waals surface area contributed by atoms with Crippen LogP contribution in [-0.4, -0.2) is 68.1 Å². The lowest BCUT2D eigenvalue weighted by Gasteiger charge is -2.23. The summed E-state index contributed by atoms with van der Waals surface area (Å²) in [5.74, 6) is -0.387. The van der Waals surface area contributed by atoms with E-state index >= 15 is 0 Å². The third-order valence-electron chi connectivity index (χ3n) is 4.34. The maximum Gasteiger partial charge on any atom is 0.255 e. The molecule has 1 aromatic carbocycles. The van der Waals surface area contributed by atoms with E-state index in [1.54, 1.807) is 32.0 Å². The minimum atomic E-state index is -0.317. The lowest BCUT2D eigenvalue weighted by atomic mass is 10.2. The predicted octanol–water partition coefficient (Wildman–Crippen LogP) is 1.61. The Kier molecular flexibility index (Phi) is 9.21. The first kappa shape index (κ1) is 23.0. The molecule has 0 fully saturated rings. The van der Waals surface area contributed by atoms with Gasteiger partial charge in [0, 0.05) is 24.7 Å². The van der Waals surface area contributed by atoms with Gasteiger partial charge in [0.05, 0.1) is 18.2 Å². The molecule has 0 saturated heterocycles. The fourth-order valence-corrected chi connectivity index (χ4v) is 3.03. The van der Waals surface area contributed by atoms with E-state index in [-0.39, 0.29) is 43.5 Å². The van der Waals surface area contributed by atoms with E-state index in [4.69, 9.17) is 21.1 Å². The van der Waals surface area contributed by atoms with E-state index in [0.717, 1.165) is 0 Å². The number of hydrogen-bond donors (Lipinski definition) is 2. The third-order valence-corrected chi connectivity index (χ3v) is 4.57. The second-order valence-corrected chi connectivity index (χ2v) is 7.27. The van der Waals surface area contributed by atoms with Crippen molar-refractivity contribution in [1.29, 1.82) is 0 Å². The highest BCUT2D eigenvalue weighted by Crippen LogP contribution is 2.23. The van der Waals surface area contributed by atoms with Crippen molar-refractivity contribution in [3.8, 4) is 5.75 Å². The molecule has 1 aliphatic heterocycles. The van der Waals surface area contributed by atoms with E-state index in [1.807, 2.05) is 0 Å². The lowest BCUT2D eigenvalue weighted by molar-refractivity contribution is -0.140. The predicted molar refractivity (Wildman–Crippen MR) is 109 cm³/mol. The molecule has 9 heteroatoms. The maximum atomic E-state index is 12.5. The fraction of sp³-hybridized carbons (Fsp3) is 0.550. The number of nitrogens with zero attached hydrogens (tertiary/aromatic N) is 1. The number of fused-ring (bicyclic) bond motifs is 1. The van der Waals surface area contributed by atoms with Gasteiger partial charge in [-0.1, -0.05) is 11.6 Å². The molecule has 1 aromatic rings. The lowest BCUT2D eigenvalue weighted by Crippen LogP contribution is -2.46. The van der Waals surface area contributed by atoms with Gasteiger partial charge in [-0.2, -0.15) is 0 Å². The number of carbonyl (C=O) groups excluding carboxylic acids is 3. The minimum Gasteiger partial charge on any atom is -0.491 e. The Hall–Kier alpha value is -2.32. The van der Waals surface area contributed by atoms with Crippen LogP contribution in [0.15, 0.2) is 18.2 Å². The molecule has 0 aromatic heterocycles. The van der Waals surface area contributed by atoms with Gasteiger partial charge in [-0.3, -0.25) is 14.4 Å². The molecule has 0 bridgehead atoms. The molecule has 29 heavy (non-hydrogen) atoms. The van der Waals surface area contributed by atoms with Gasteiger partial charge in [0.15, 0.2) is 0 Å². The molecule has 0 aliphatic carbocycles. The van der Waals surface area contributed by atoms with Gasteiger partial charge < -0.3 is 25.0 Å². The van der Waals surface area contributed by atoms with E-state index in [9.17, 15) is 14.4 Å². The number of carbonyl (C=O) groups is 3. The van der Waals surface area contributed by atoms with Crippen molar-refractivity contribution in [2.45, 2.75) is 32.7 Å². The SMILES string of the molecule is CCOCC(=O)N1CCCCNC(=O)c2cc(Cl)ccc2OC[C@H](C)NC(=O)C1. The van der Waals surface area contributed by atoms with Gasteiger partial charge in [0.1, 0.15) is 19.0 Å². The van der Waals surface area contributed by atoms with Crippen molar-refractivity contribution in [2.75, 3.05) is 39.5 Å². The Balaban J connectivity index is 2.11. The highest BCUT2D eigenvalue weighted by atomic mass is 35.5. The van der Waals surface area contributed by atoms with Gasteiger partial charge in [0.2, 0.25) is 11.8 Å². The average molecular weight is 426 g/mol. The molecule has 1 aliphatic rings. The Bertz CT molecular complexity index is 728. The van der Waals surface area contributed by atoms with Crippen molar-refractivity contribution in [3.05, 3.63) is 28.8 Å². The zero-order valence-corrected chi connectivity index (χ0v) is 17.6. The minimum absolute atomic E-state index is 0.0468. The number of halogens is 1. The molecule has 1 atom stereocenters. The number of ether oxygens (including phenoxy) is 2. The topological polar surface area (TPSA) is 97.0 Å². The van der Waals surface area contributed by atoms with E-state index in [2.05, 4.69) is 10.6 Å². The zero-order chi connectivity index (χ0) is 21.2. The first-order chi connectivity index (χ1) is 13.9. The van der Waals surface area contributed by atoms with Crippen molar-refractivity contribution < 1.29 is 23.9 Å². The van der Waals surface area contributed by atoms with Crippen molar-refractivity contribution in [1.82, 2.24) is 15.5 Å². The van der Waals surface area contributed by atoms with Crippen LogP contribution in [0, 0.1) is 0 Å². The fourth-order valence-electron chi connectivity index (χ4n) is 2.85.